The normalized spacial score (nSPS) is 9.82. The third-order valence-electron chi connectivity index (χ3n) is 3.57. The molecule has 0 nitrogen and oxygen atoms in total. The van der Waals surface area contributed by atoms with E-state index in [1.54, 1.807) is 0 Å². The van der Waals surface area contributed by atoms with Crippen molar-refractivity contribution in [3.63, 3.8) is 0 Å². The van der Waals surface area contributed by atoms with Gasteiger partial charge in [0.25, 0.3) is 0 Å². The van der Waals surface area contributed by atoms with Gasteiger partial charge in [-0.25, -0.2) is 0 Å². The summed E-state index contributed by atoms with van der Waals surface area (Å²) in [5.41, 5.74) is 0. The van der Waals surface area contributed by atoms with Crippen molar-refractivity contribution >= 4 is 32.3 Å². The minimum Gasteiger partial charge on any atom is -0.0683 e. The average Bonchev–Trinajstić information content (AvgIpc) is 2.61. The van der Waals surface area contributed by atoms with E-state index in [1.165, 1.54) is 32.3 Å². The van der Waals surface area contributed by atoms with Crippen LogP contribution in [0.5, 0.6) is 0 Å². The zero-order valence-corrected chi connectivity index (χ0v) is 13.9. The van der Waals surface area contributed by atoms with Gasteiger partial charge in [0, 0.05) is 0 Å². The summed E-state index contributed by atoms with van der Waals surface area (Å²) in [7, 11) is 0. The van der Waals surface area contributed by atoms with E-state index in [-0.39, 0.29) is 0 Å². The van der Waals surface area contributed by atoms with E-state index in [1.807, 2.05) is 27.7 Å². The average molecular weight is 288 g/mol. The Balaban J connectivity index is 0.000000410. The molecule has 0 radical (unpaired) electrons. The lowest BCUT2D eigenvalue weighted by molar-refractivity contribution is 1.50. The zero-order chi connectivity index (χ0) is 15.9. The van der Waals surface area contributed by atoms with Crippen LogP contribution in [0.3, 0.4) is 0 Å². The third kappa shape index (κ3) is 3.12. The van der Waals surface area contributed by atoms with Crippen molar-refractivity contribution in [1.29, 1.82) is 0 Å². The first kappa shape index (κ1) is 16.0. The largest absolute Gasteiger partial charge is 0.0683 e. The summed E-state index contributed by atoms with van der Waals surface area (Å²) < 4.78 is 0. The first-order valence-corrected chi connectivity index (χ1v) is 8.21. The van der Waals surface area contributed by atoms with Crippen LogP contribution in [0.1, 0.15) is 27.7 Å². The van der Waals surface area contributed by atoms with Crippen molar-refractivity contribution in [2.45, 2.75) is 27.7 Å². The molecule has 0 heterocycles. The second-order valence-electron chi connectivity index (χ2n) is 4.75. The van der Waals surface area contributed by atoms with Gasteiger partial charge in [-0.3, -0.25) is 0 Å². The van der Waals surface area contributed by atoms with Crippen LogP contribution >= 0.6 is 0 Å². The van der Waals surface area contributed by atoms with E-state index in [0.717, 1.165) is 0 Å². The lowest BCUT2D eigenvalue weighted by atomic mass is 10.00. The van der Waals surface area contributed by atoms with Gasteiger partial charge >= 0.3 is 0 Å². The maximum Gasteiger partial charge on any atom is -0.0171 e. The molecule has 0 saturated heterocycles. The van der Waals surface area contributed by atoms with Gasteiger partial charge in [0.05, 0.1) is 0 Å². The van der Waals surface area contributed by atoms with Crippen LogP contribution in [-0.2, 0) is 0 Å². The molecule has 4 rings (SSSR count). The molecule has 0 amide bonds. The highest BCUT2D eigenvalue weighted by atomic mass is 14.0. The maximum atomic E-state index is 2.27. The van der Waals surface area contributed by atoms with Gasteiger partial charge in [-0.1, -0.05) is 76.2 Å². The number of hydrogen-bond acceptors (Lipinski definition) is 0. The molecule has 0 spiro atoms. The molecule has 0 N–H and O–H groups in total. The molecule has 0 aliphatic heterocycles. The van der Waals surface area contributed by atoms with E-state index in [4.69, 9.17) is 0 Å². The number of rotatable bonds is 0. The van der Waals surface area contributed by atoms with Gasteiger partial charge in [0.2, 0.25) is 0 Å². The standard InChI is InChI=1S/C18H12.2C2H6/c1-2-6-14-10-18-12-16-8-4-3-7-15(16)11-17(18)9-13(14)5-1;2*1-2/h1-12H;2*1-2H3. The van der Waals surface area contributed by atoms with Crippen molar-refractivity contribution < 1.29 is 0 Å². The van der Waals surface area contributed by atoms with Crippen LogP contribution in [0, 0.1) is 0 Å². The molecule has 112 valence electrons. The molecule has 4 aromatic carbocycles. The van der Waals surface area contributed by atoms with Crippen molar-refractivity contribution in [2.24, 2.45) is 0 Å². The summed E-state index contributed by atoms with van der Waals surface area (Å²) in [5, 5.41) is 7.85. The van der Waals surface area contributed by atoms with E-state index in [2.05, 4.69) is 72.8 Å². The van der Waals surface area contributed by atoms with Crippen LogP contribution in [0.2, 0.25) is 0 Å². The monoisotopic (exact) mass is 288 g/mol. The molecule has 4 aromatic rings. The SMILES string of the molecule is CC.CC.c1ccc2cc3cc4ccccc4cc3cc2c1. The van der Waals surface area contributed by atoms with E-state index >= 15 is 0 Å². The number of hydrogen-bond donors (Lipinski definition) is 0. The summed E-state index contributed by atoms with van der Waals surface area (Å²) in [6, 6.07) is 26.2. The molecule has 0 bridgehead atoms. The Morgan fingerprint density at radius 1 is 0.364 bits per heavy atom. The molecule has 0 saturated carbocycles. The Morgan fingerprint density at radius 2 is 0.591 bits per heavy atom. The molecule has 0 heteroatoms. The highest BCUT2D eigenvalue weighted by molar-refractivity contribution is 6.04. The fraction of sp³-hybridized carbons (Fsp3) is 0.182. The van der Waals surface area contributed by atoms with Crippen LogP contribution in [-0.4, -0.2) is 0 Å². The summed E-state index contributed by atoms with van der Waals surface area (Å²) in [5.74, 6) is 0. The fourth-order valence-corrected chi connectivity index (χ4v) is 2.63. The lowest BCUT2D eigenvalue weighted by Gasteiger charge is -2.04. The van der Waals surface area contributed by atoms with Gasteiger partial charge in [-0.15, -0.1) is 0 Å². The highest BCUT2D eigenvalue weighted by Gasteiger charge is 2.00. The zero-order valence-electron chi connectivity index (χ0n) is 13.9. The van der Waals surface area contributed by atoms with Crippen LogP contribution in [0.4, 0.5) is 0 Å². The van der Waals surface area contributed by atoms with Crippen LogP contribution < -0.4 is 0 Å². The first-order chi connectivity index (χ1) is 10.9. The molecular weight excluding hydrogens is 264 g/mol. The highest BCUT2D eigenvalue weighted by Crippen LogP contribution is 2.27. The van der Waals surface area contributed by atoms with Crippen molar-refractivity contribution in [3.8, 4) is 0 Å². The molecule has 0 atom stereocenters. The topological polar surface area (TPSA) is 0 Å². The quantitative estimate of drug-likeness (QED) is 0.300. The van der Waals surface area contributed by atoms with Crippen molar-refractivity contribution in [1.82, 2.24) is 0 Å². The Labute approximate surface area is 133 Å². The first-order valence-electron chi connectivity index (χ1n) is 8.21. The molecule has 0 aliphatic rings. The Hall–Kier alpha value is -2.34. The van der Waals surface area contributed by atoms with Crippen molar-refractivity contribution in [2.75, 3.05) is 0 Å². The summed E-state index contributed by atoms with van der Waals surface area (Å²) >= 11 is 0. The smallest absolute Gasteiger partial charge is 0.0171 e. The minimum atomic E-state index is 1.31. The predicted molar refractivity (Wildman–Crippen MR) is 102 cm³/mol. The van der Waals surface area contributed by atoms with Crippen molar-refractivity contribution in [3.05, 3.63) is 72.8 Å². The van der Waals surface area contributed by atoms with E-state index < -0.39 is 0 Å². The second kappa shape index (κ2) is 7.61. The molecule has 0 aliphatic carbocycles. The summed E-state index contributed by atoms with van der Waals surface area (Å²) in [6.07, 6.45) is 0. The molecule has 0 unspecified atom stereocenters. The van der Waals surface area contributed by atoms with Gasteiger partial charge in [0.15, 0.2) is 0 Å². The predicted octanol–water partition coefficient (Wildman–Crippen LogP) is 7.20. The van der Waals surface area contributed by atoms with Crippen LogP contribution in [0.25, 0.3) is 32.3 Å². The Morgan fingerprint density at radius 3 is 0.818 bits per heavy atom. The summed E-state index contributed by atoms with van der Waals surface area (Å²) in [4.78, 5) is 0. The Bertz CT molecular complexity index is 728. The Kier molecular flexibility index (Phi) is 5.55. The lowest BCUT2D eigenvalue weighted by Crippen LogP contribution is -1.78. The fourth-order valence-electron chi connectivity index (χ4n) is 2.63. The van der Waals surface area contributed by atoms with Gasteiger partial charge in [0.1, 0.15) is 0 Å². The minimum absolute atomic E-state index is 1.31. The van der Waals surface area contributed by atoms with Gasteiger partial charge < -0.3 is 0 Å². The number of fused-ring (bicyclic) bond motifs is 3. The van der Waals surface area contributed by atoms with E-state index in [9.17, 15) is 0 Å². The number of benzene rings is 4. The van der Waals surface area contributed by atoms with E-state index in [0.29, 0.717) is 0 Å². The third-order valence-corrected chi connectivity index (χ3v) is 3.57. The van der Waals surface area contributed by atoms with Crippen LogP contribution in [0.15, 0.2) is 72.8 Å². The molecular formula is C22H24. The molecule has 0 fully saturated rings. The summed E-state index contributed by atoms with van der Waals surface area (Å²) in [6.45, 7) is 8.00. The molecule has 0 aromatic heterocycles. The maximum absolute atomic E-state index is 2.27. The van der Waals surface area contributed by atoms with Gasteiger partial charge in [-0.05, 0) is 56.6 Å². The molecule has 22 heavy (non-hydrogen) atoms. The second-order valence-corrected chi connectivity index (χ2v) is 4.75. The van der Waals surface area contributed by atoms with Gasteiger partial charge in [-0.2, -0.15) is 0 Å².